The normalized spacial score (nSPS) is 10.4. The number of carbonyl (C=O) groups excluding carboxylic acids is 2. The highest BCUT2D eigenvalue weighted by Gasteiger charge is 2.11. The minimum atomic E-state index is -0.524. The van der Waals surface area contributed by atoms with Crippen LogP contribution in [0.25, 0.3) is 11.4 Å². The molecule has 1 heterocycles. The molecule has 9 heteroatoms. The Morgan fingerprint density at radius 2 is 1.84 bits per heavy atom. The van der Waals surface area contributed by atoms with Gasteiger partial charge >= 0.3 is 0 Å². The fraction of sp³-hybridized carbons (Fsp3) is 0.0625. The summed E-state index contributed by atoms with van der Waals surface area (Å²) >= 11 is 3.42. The number of hydrogen-bond acceptors (Lipinski definition) is 5. The predicted octanol–water partition coefficient (Wildman–Crippen LogP) is 1.84. The molecule has 0 unspecified atom stereocenters. The van der Waals surface area contributed by atoms with Crippen LogP contribution in [0, 0.1) is 0 Å². The van der Waals surface area contributed by atoms with Gasteiger partial charge in [-0.3, -0.25) is 9.59 Å². The number of nitrogens with one attached hydrogen (secondary N) is 1. The van der Waals surface area contributed by atoms with Crippen LogP contribution in [0.15, 0.2) is 53.0 Å². The average molecular weight is 401 g/mol. The number of rotatable bonds is 5. The lowest BCUT2D eigenvalue weighted by Gasteiger charge is -2.05. The molecular weight excluding hydrogens is 388 g/mol. The first kappa shape index (κ1) is 16.8. The summed E-state index contributed by atoms with van der Waals surface area (Å²) in [5, 5.41) is 14.7. The molecule has 3 aromatic rings. The van der Waals surface area contributed by atoms with Gasteiger partial charge < -0.3 is 11.1 Å². The van der Waals surface area contributed by atoms with Gasteiger partial charge in [0.15, 0.2) is 0 Å². The number of carbonyl (C=O) groups is 2. The molecule has 0 bridgehead atoms. The summed E-state index contributed by atoms with van der Waals surface area (Å²) < 4.78 is 0.841. The van der Waals surface area contributed by atoms with E-state index in [0.717, 1.165) is 10.0 Å². The Morgan fingerprint density at radius 1 is 1.12 bits per heavy atom. The van der Waals surface area contributed by atoms with Gasteiger partial charge in [-0.1, -0.05) is 28.1 Å². The highest BCUT2D eigenvalue weighted by molar-refractivity contribution is 9.10. The van der Waals surface area contributed by atoms with Gasteiger partial charge in [-0.15, -0.1) is 10.2 Å². The predicted molar refractivity (Wildman–Crippen MR) is 94.5 cm³/mol. The Balaban J connectivity index is 1.66. The van der Waals surface area contributed by atoms with Gasteiger partial charge in [-0.05, 0) is 41.6 Å². The lowest BCUT2D eigenvalue weighted by atomic mass is 10.2. The van der Waals surface area contributed by atoms with Crippen LogP contribution in [0.5, 0.6) is 0 Å². The molecular formula is C16H13BrN6O2. The highest BCUT2D eigenvalue weighted by atomic mass is 79.9. The highest BCUT2D eigenvalue weighted by Crippen LogP contribution is 2.24. The lowest BCUT2D eigenvalue weighted by Crippen LogP contribution is -2.20. The first-order valence-corrected chi connectivity index (χ1v) is 8.04. The van der Waals surface area contributed by atoms with Gasteiger partial charge in [0.1, 0.15) is 6.54 Å². The van der Waals surface area contributed by atoms with E-state index in [-0.39, 0.29) is 12.5 Å². The molecule has 3 N–H and O–H groups in total. The lowest BCUT2D eigenvalue weighted by molar-refractivity contribution is -0.117. The molecule has 0 saturated carbocycles. The summed E-state index contributed by atoms with van der Waals surface area (Å²) in [7, 11) is 0. The minimum absolute atomic E-state index is 0.0883. The number of anilines is 1. The minimum Gasteiger partial charge on any atom is -0.366 e. The molecule has 0 fully saturated rings. The van der Waals surface area contributed by atoms with Crippen molar-refractivity contribution in [2.45, 2.75) is 6.54 Å². The summed E-state index contributed by atoms with van der Waals surface area (Å²) in [5.41, 5.74) is 6.87. The molecule has 0 atom stereocenters. The van der Waals surface area contributed by atoms with Crippen molar-refractivity contribution in [1.82, 2.24) is 20.2 Å². The molecule has 2 amide bonds. The molecule has 3 rings (SSSR count). The third-order valence-electron chi connectivity index (χ3n) is 3.31. The molecule has 0 aliphatic rings. The summed E-state index contributed by atoms with van der Waals surface area (Å²) in [6, 6.07) is 13.7. The van der Waals surface area contributed by atoms with Gasteiger partial charge in [-0.25, -0.2) is 0 Å². The summed E-state index contributed by atoms with van der Waals surface area (Å²) in [5.74, 6) is -0.418. The van der Waals surface area contributed by atoms with Crippen LogP contribution in [0.3, 0.4) is 0 Å². The van der Waals surface area contributed by atoms with Crippen molar-refractivity contribution in [2.24, 2.45) is 5.73 Å². The Hall–Kier alpha value is -3.07. The van der Waals surface area contributed by atoms with Gasteiger partial charge in [0.2, 0.25) is 17.6 Å². The number of nitrogens with two attached hydrogens (primary N) is 1. The van der Waals surface area contributed by atoms with Gasteiger partial charge in [0.05, 0.1) is 0 Å². The van der Waals surface area contributed by atoms with Crippen molar-refractivity contribution >= 4 is 33.4 Å². The number of tetrazole rings is 1. The molecule has 0 saturated heterocycles. The topological polar surface area (TPSA) is 116 Å². The summed E-state index contributed by atoms with van der Waals surface area (Å²) in [6.07, 6.45) is 0. The number of nitrogens with zero attached hydrogens (tertiary/aromatic N) is 4. The first-order chi connectivity index (χ1) is 12.0. The fourth-order valence-electron chi connectivity index (χ4n) is 2.11. The Morgan fingerprint density at radius 3 is 2.52 bits per heavy atom. The van der Waals surface area contributed by atoms with Crippen molar-refractivity contribution in [2.75, 3.05) is 5.32 Å². The molecule has 0 spiro atoms. The number of halogens is 1. The first-order valence-electron chi connectivity index (χ1n) is 7.25. The van der Waals surface area contributed by atoms with Crippen molar-refractivity contribution in [3.05, 3.63) is 58.6 Å². The van der Waals surface area contributed by atoms with Crippen LogP contribution in [0.4, 0.5) is 5.69 Å². The molecule has 2 aromatic carbocycles. The number of benzene rings is 2. The van der Waals surface area contributed by atoms with E-state index in [1.165, 1.54) is 16.9 Å². The second-order valence-corrected chi connectivity index (χ2v) is 5.97. The van der Waals surface area contributed by atoms with Crippen LogP contribution in [-0.4, -0.2) is 32.0 Å². The standard InChI is InChI=1S/C16H13BrN6O2/c17-13-4-2-1-3-12(13)16-20-22-23(21-16)9-14(24)19-11-7-5-10(6-8-11)15(18)25/h1-8H,9H2,(H2,18,25)(H,19,24). The maximum Gasteiger partial charge on any atom is 0.248 e. The van der Waals surface area contributed by atoms with Crippen LogP contribution >= 0.6 is 15.9 Å². The van der Waals surface area contributed by atoms with E-state index in [2.05, 4.69) is 36.7 Å². The second kappa shape index (κ2) is 7.22. The van der Waals surface area contributed by atoms with E-state index < -0.39 is 5.91 Å². The van der Waals surface area contributed by atoms with Crippen molar-refractivity contribution in [3.63, 3.8) is 0 Å². The maximum absolute atomic E-state index is 12.1. The summed E-state index contributed by atoms with van der Waals surface area (Å²) in [4.78, 5) is 24.3. The van der Waals surface area contributed by atoms with Crippen LogP contribution in [-0.2, 0) is 11.3 Å². The van der Waals surface area contributed by atoms with E-state index in [9.17, 15) is 9.59 Å². The van der Waals surface area contributed by atoms with Crippen LogP contribution < -0.4 is 11.1 Å². The molecule has 8 nitrogen and oxygen atoms in total. The Kier molecular flexibility index (Phi) is 4.85. The zero-order valence-electron chi connectivity index (χ0n) is 12.9. The van der Waals surface area contributed by atoms with Crippen molar-refractivity contribution in [3.8, 4) is 11.4 Å². The maximum atomic E-state index is 12.1. The van der Waals surface area contributed by atoms with E-state index in [4.69, 9.17) is 5.73 Å². The van der Waals surface area contributed by atoms with E-state index in [1.54, 1.807) is 12.1 Å². The quantitative estimate of drug-likeness (QED) is 0.677. The molecule has 126 valence electrons. The molecule has 0 aliphatic heterocycles. The molecule has 25 heavy (non-hydrogen) atoms. The fourth-order valence-corrected chi connectivity index (χ4v) is 2.57. The molecule has 0 aliphatic carbocycles. The van der Waals surface area contributed by atoms with Gasteiger partial charge in [-0.2, -0.15) is 4.80 Å². The van der Waals surface area contributed by atoms with Crippen molar-refractivity contribution < 1.29 is 9.59 Å². The SMILES string of the molecule is NC(=O)c1ccc(NC(=O)Cn2nnc(-c3ccccc3Br)n2)cc1. The zero-order chi connectivity index (χ0) is 17.8. The van der Waals surface area contributed by atoms with Crippen LogP contribution in [0.1, 0.15) is 10.4 Å². The third-order valence-corrected chi connectivity index (χ3v) is 4.00. The second-order valence-electron chi connectivity index (χ2n) is 5.11. The van der Waals surface area contributed by atoms with E-state index >= 15 is 0 Å². The zero-order valence-corrected chi connectivity index (χ0v) is 14.5. The largest absolute Gasteiger partial charge is 0.366 e. The number of hydrogen-bond donors (Lipinski definition) is 2. The number of aromatic nitrogens is 4. The smallest absolute Gasteiger partial charge is 0.248 e. The molecule has 1 aromatic heterocycles. The number of amides is 2. The van der Waals surface area contributed by atoms with Gasteiger partial charge in [0, 0.05) is 21.3 Å². The summed E-state index contributed by atoms with van der Waals surface area (Å²) in [6.45, 7) is -0.0883. The average Bonchev–Trinajstić information content (AvgIpc) is 3.03. The van der Waals surface area contributed by atoms with Crippen molar-refractivity contribution in [1.29, 1.82) is 0 Å². The molecule has 0 radical (unpaired) electrons. The van der Waals surface area contributed by atoms with E-state index in [0.29, 0.717) is 17.1 Å². The Labute approximate surface area is 151 Å². The van der Waals surface area contributed by atoms with Crippen LogP contribution in [0.2, 0.25) is 0 Å². The number of primary amides is 1. The monoisotopic (exact) mass is 400 g/mol. The van der Waals surface area contributed by atoms with E-state index in [1.807, 2.05) is 24.3 Å². The van der Waals surface area contributed by atoms with Gasteiger partial charge in [0.25, 0.3) is 0 Å². The third kappa shape index (κ3) is 4.07. The Bertz CT molecular complexity index is 922.